The topological polar surface area (TPSA) is 103 Å². The van der Waals surface area contributed by atoms with E-state index >= 15 is 0 Å². The first-order valence-electron chi connectivity index (χ1n) is 12.0. The summed E-state index contributed by atoms with van der Waals surface area (Å²) in [6, 6.07) is 25.3. The minimum absolute atomic E-state index is 0.222. The highest BCUT2D eigenvalue weighted by Gasteiger charge is 2.17. The number of hydrogen-bond donors (Lipinski definition) is 1. The first kappa shape index (κ1) is 23.2. The van der Waals surface area contributed by atoms with Gasteiger partial charge in [-0.1, -0.05) is 30.3 Å². The Balaban J connectivity index is 1.48. The van der Waals surface area contributed by atoms with E-state index in [9.17, 15) is 14.7 Å². The predicted molar refractivity (Wildman–Crippen MR) is 146 cm³/mol. The molecule has 0 bridgehead atoms. The maximum Gasteiger partial charge on any atom is 0.335 e. The number of nitrogens with zero attached hydrogens (tertiary/aromatic N) is 4. The average molecular weight is 503 g/mol. The lowest BCUT2D eigenvalue weighted by Gasteiger charge is -2.10. The Morgan fingerprint density at radius 1 is 0.974 bits per heavy atom. The third kappa shape index (κ3) is 3.88. The highest BCUT2D eigenvalue weighted by molar-refractivity contribution is 5.88. The molecule has 38 heavy (non-hydrogen) atoms. The zero-order valence-corrected chi connectivity index (χ0v) is 20.6. The van der Waals surface area contributed by atoms with E-state index in [-0.39, 0.29) is 11.1 Å². The van der Waals surface area contributed by atoms with Gasteiger partial charge in [0.05, 0.1) is 22.7 Å². The number of benzene rings is 3. The fraction of sp³-hybridized carbons (Fsp3) is 0.0667. The van der Waals surface area contributed by atoms with Crippen molar-refractivity contribution >= 4 is 34.1 Å². The Kier molecular flexibility index (Phi) is 5.49. The molecule has 8 nitrogen and oxygen atoms in total. The summed E-state index contributed by atoms with van der Waals surface area (Å²) in [5, 5.41) is 15.1. The minimum Gasteiger partial charge on any atom is -0.478 e. The maximum absolute atomic E-state index is 13.5. The van der Waals surface area contributed by atoms with Crippen molar-refractivity contribution in [3.05, 3.63) is 118 Å². The third-order valence-corrected chi connectivity index (χ3v) is 6.55. The number of rotatable bonds is 5. The van der Waals surface area contributed by atoms with Crippen molar-refractivity contribution in [1.82, 2.24) is 14.2 Å². The van der Waals surface area contributed by atoms with Gasteiger partial charge in [-0.3, -0.25) is 4.79 Å². The molecule has 0 aliphatic rings. The van der Waals surface area contributed by atoms with Crippen molar-refractivity contribution in [2.75, 3.05) is 0 Å². The molecule has 3 heterocycles. The van der Waals surface area contributed by atoms with Gasteiger partial charge in [-0.05, 0) is 68.4 Å². The van der Waals surface area contributed by atoms with Crippen molar-refractivity contribution in [3.63, 3.8) is 0 Å². The van der Waals surface area contributed by atoms with Crippen LogP contribution in [0.2, 0.25) is 0 Å². The highest BCUT2D eigenvalue weighted by atomic mass is 16.4. The minimum atomic E-state index is -0.972. The molecule has 0 saturated heterocycles. The zero-order valence-electron chi connectivity index (χ0n) is 20.6. The normalized spacial score (nSPS) is 11.6. The Hall–Kier alpha value is -5.24. The van der Waals surface area contributed by atoms with Gasteiger partial charge in [0, 0.05) is 28.0 Å². The van der Waals surface area contributed by atoms with Crippen molar-refractivity contribution in [3.8, 4) is 17.3 Å². The summed E-state index contributed by atoms with van der Waals surface area (Å²) in [5.74, 6) is -0.227. The van der Waals surface area contributed by atoms with Gasteiger partial charge in [-0.25, -0.2) is 9.78 Å². The molecule has 8 heteroatoms. The molecule has 186 valence electrons. The molecule has 0 amide bonds. The van der Waals surface area contributed by atoms with E-state index in [4.69, 9.17) is 9.40 Å². The van der Waals surface area contributed by atoms with Crippen LogP contribution in [0.3, 0.4) is 0 Å². The molecule has 0 atom stereocenters. The van der Waals surface area contributed by atoms with E-state index in [0.29, 0.717) is 28.1 Å². The SMILES string of the molecule is Cc1cc(C=Nn2c(-c3cc4ccccc4o3)nc3ccccc3c2=O)c(C)n1-c1ccc(C(=O)O)cc1. The van der Waals surface area contributed by atoms with Crippen LogP contribution in [0.4, 0.5) is 0 Å². The summed E-state index contributed by atoms with van der Waals surface area (Å²) in [7, 11) is 0. The van der Waals surface area contributed by atoms with Gasteiger partial charge in [0.15, 0.2) is 5.76 Å². The standard InChI is InChI=1S/C30H22N4O4/c1-18-15-22(19(2)33(18)23-13-11-20(12-14-23)30(36)37)17-31-34-28(27-16-21-7-3-6-10-26(21)38-27)32-25-9-5-4-8-24(25)29(34)35/h3-17H,1-2H3,(H,36,37). The molecule has 3 aromatic heterocycles. The fourth-order valence-corrected chi connectivity index (χ4v) is 4.67. The molecule has 0 saturated carbocycles. The number of carbonyl (C=O) groups is 1. The molecule has 0 radical (unpaired) electrons. The monoisotopic (exact) mass is 502 g/mol. The molecular weight excluding hydrogens is 480 g/mol. The third-order valence-electron chi connectivity index (χ3n) is 6.55. The lowest BCUT2D eigenvalue weighted by Crippen LogP contribution is -2.20. The van der Waals surface area contributed by atoms with Crippen molar-refractivity contribution in [2.45, 2.75) is 13.8 Å². The number of furan rings is 1. The largest absolute Gasteiger partial charge is 0.478 e. The van der Waals surface area contributed by atoms with Crippen molar-refractivity contribution < 1.29 is 14.3 Å². The molecule has 3 aromatic carbocycles. The molecule has 1 N–H and O–H groups in total. The van der Waals surface area contributed by atoms with E-state index in [0.717, 1.165) is 28.0 Å². The average Bonchev–Trinajstić information content (AvgIpc) is 3.48. The van der Waals surface area contributed by atoms with Crippen LogP contribution in [0.25, 0.3) is 39.1 Å². The summed E-state index contributed by atoms with van der Waals surface area (Å²) < 4.78 is 9.32. The lowest BCUT2D eigenvalue weighted by atomic mass is 10.2. The van der Waals surface area contributed by atoms with Crippen LogP contribution in [-0.4, -0.2) is 31.5 Å². The fourth-order valence-electron chi connectivity index (χ4n) is 4.67. The smallest absolute Gasteiger partial charge is 0.335 e. The number of aromatic carboxylic acids is 1. The zero-order chi connectivity index (χ0) is 26.4. The highest BCUT2D eigenvalue weighted by Crippen LogP contribution is 2.27. The number of para-hydroxylation sites is 2. The maximum atomic E-state index is 13.5. The van der Waals surface area contributed by atoms with E-state index in [1.54, 1.807) is 48.7 Å². The number of hydrogen-bond acceptors (Lipinski definition) is 5. The van der Waals surface area contributed by atoms with E-state index < -0.39 is 5.97 Å². The van der Waals surface area contributed by atoms with Crippen LogP contribution in [0.15, 0.2) is 99.2 Å². The predicted octanol–water partition coefficient (Wildman–Crippen LogP) is 5.80. The number of aryl methyl sites for hydroxylation is 1. The van der Waals surface area contributed by atoms with Crippen LogP contribution in [0.5, 0.6) is 0 Å². The summed E-state index contributed by atoms with van der Waals surface area (Å²) >= 11 is 0. The van der Waals surface area contributed by atoms with Gasteiger partial charge < -0.3 is 14.1 Å². The molecular formula is C30H22N4O4. The molecule has 0 spiro atoms. The Bertz CT molecular complexity index is 1910. The Labute approximate surface area is 216 Å². The summed E-state index contributed by atoms with van der Waals surface area (Å²) in [4.78, 5) is 29.5. The molecule has 0 aliphatic carbocycles. The molecule has 0 aliphatic heterocycles. The van der Waals surface area contributed by atoms with Crippen LogP contribution >= 0.6 is 0 Å². The summed E-state index contributed by atoms with van der Waals surface area (Å²) in [6.45, 7) is 3.90. The second-order valence-electron chi connectivity index (χ2n) is 8.98. The van der Waals surface area contributed by atoms with E-state index in [1.807, 2.05) is 60.9 Å². The second-order valence-corrected chi connectivity index (χ2v) is 8.98. The van der Waals surface area contributed by atoms with Gasteiger partial charge in [0.1, 0.15) is 5.58 Å². The van der Waals surface area contributed by atoms with E-state index in [1.165, 1.54) is 4.68 Å². The van der Waals surface area contributed by atoms with Crippen LogP contribution < -0.4 is 5.56 Å². The Morgan fingerprint density at radius 2 is 1.71 bits per heavy atom. The summed E-state index contributed by atoms with van der Waals surface area (Å²) in [5.41, 5.74) is 4.63. The summed E-state index contributed by atoms with van der Waals surface area (Å²) in [6.07, 6.45) is 1.63. The van der Waals surface area contributed by atoms with Gasteiger partial charge in [0.2, 0.25) is 5.82 Å². The lowest BCUT2D eigenvalue weighted by molar-refractivity contribution is 0.0697. The van der Waals surface area contributed by atoms with Crippen molar-refractivity contribution in [2.24, 2.45) is 5.10 Å². The number of carboxylic acids is 1. The first-order chi connectivity index (χ1) is 18.4. The van der Waals surface area contributed by atoms with Gasteiger partial charge in [-0.2, -0.15) is 9.78 Å². The van der Waals surface area contributed by atoms with Crippen LogP contribution in [0, 0.1) is 13.8 Å². The molecule has 0 fully saturated rings. The van der Waals surface area contributed by atoms with Gasteiger partial charge >= 0.3 is 5.97 Å². The number of fused-ring (bicyclic) bond motifs is 2. The number of carboxylic acid groups (broad SMARTS) is 1. The first-order valence-corrected chi connectivity index (χ1v) is 12.0. The van der Waals surface area contributed by atoms with Gasteiger partial charge in [-0.15, -0.1) is 0 Å². The number of aromatic nitrogens is 3. The molecule has 6 aromatic rings. The second kappa shape index (κ2) is 9.01. The van der Waals surface area contributed by atoms with Crippen LogP contribution in [-0.2, 0) is 0 Å². The van der Waals surface area contributed by atoms with Gasteiger partial charge in [0.25, 0.3) is 5.56 Å². The van der Waals surface area contributed by atoms with Crippen LogP contribution in [0.1, 0.15) is 27.3 Å². The molecule has 0 unspecified atom stereocenters. The quantitative estimate of drug-likeness (QED) is 0.300. The molecule has 6 rings (SSSR count). The Morgan fingerprint density at radius 3 is 2.47 bits per heavy atom. The van der Waals surface area contributed by atoms with Crippen molar-refractivity contribution in [1.29, 1.82) is 0 Å². The van der Waals surface area contributed by atoms with E-state index in [2.05, 4.69) is 5.10 Å².